The highest BCUT2D eigenvalue weighted by Crippen LogP contribution is 2.18. The van der Waals surface area contributed by atoms with E-state index in [1.54, 1.807) is 0 Å². The average Bonchev–Trinajstić information content (AvgIpc) is 2.37. The molecule has 104 valence electrons. The van der Waals surface area contributed by atoms with Crippen molar-refractivity contribution in [1.29, 1.82) is 0 Å². The Balaban J connectivity index is 2.76. The number of nitro groups is 1. The molecule has 0 amide bonds. The number of hydrogen-bond acceptors (Lipinski definition) is 4. The van der Waals surface area contributed by atoms with Crippen molar-refractivity contribution < 1.29 is 9.31 Å². The van der Waals surface area contributed by atoms with Gasteiger partial charge in [0.1, 0.15) is 0 Å². The van der Waals surface area contributed by atoms with Crippen molar-refractivity contribution in [3.63, 3.8) is 0 Å². The van der Waals surface area contributed by atoms with E-state index >= 15 is 0 Å². The van der Waals surface area contributed by atoms with Gasteiger partial charge in [0, 0.05) is 12.1 Å². The summed E-state index contributed by atoms with van der Waals surface area (Å²) in [5.74, 6) is -1.30. The summed E-state index contributed by atoms with van der Waals surface area (Å²) in [6, 6.07) is 3.48. The lowest BCUT2D eigenvalue weighted by molar-refractivity contribution is -0.384. The maximum absolute atomic E-state index is 13.5. The first-order chi connectivity index (χ1) is 9.32. The highest BCUT2D eigenvalue weighted by atomic mass is 35.5. The lowest BCUT2D eigenvalue weighted by Crippen LogP contribution is -2.36. The molecule has 0 fully saturated rings. The van der Waals surface area contributed by atoms with Gasteiger partial charge in [-0.05, 0) is 18.6 Å². The maximum atomic E-state index is 13.5. The van der Waals surface area contributed by atoms with Crippen molar-refractivity contribution in [2.45, 2.75) is 6.92 Å². The van der Waals surface area contributed by atoms with Crippen LogP contribution in [0.4, 0.5) is 10.1 Å². The molecule has 2 aromatic rings. The number of nitro benzene ring substituents is 1. The standard InChI is InChI=1S/C11H7ClFN3O4/c1-5-4-6(16(19)20)2-3-7(5)15-10(17)8(13)9(12)14-11(15)18/h2-4H,1H3,(H,14,18). The first kappa shape index (κ1) is 13.9. The lowest BCUT2D eigenvalue weighted by Gasteiger charge is -2.08. The third-order valence-corrected chi connectivity index (χ3v) is 2.90. The van der Waals surface area contributed by atoms with Crippen LogP contribution in [0.3, 0.4) is 0 Å². The quantitative estimate of drug-likeness (QED) is 0.516. The third-order valence-electron chi connectivity index (χ3n) is 2.64. The number of aryl methyl sites for hydroxylation is 1. The van der Waals surface area contributed by atoms with Crippen LogP contribution in [0.25, 0.3) is 5.69 Å². The highest BCUT2D eigenvalue weighted by Gasteiger charge is 2.16. The molecule has 0 bridgehead atoms. The fraction of sp³-hybridized carbons (Fsp3) is 0.0909. The zero-order valence-corrected chi connectivity index (χ0v) is 10.8. The van der Waals surface area contributed by atoms with Crippen LogP contribution in [-0.2, 0) is 0 Å². The van der Waals surface area contributed by atoms with Crippen LogP contribution in [0, 0.1) is 22.9 Å². The summed E-state index contributed by atoms with van der Waals surface area (Å²) in [4.78, 5) is 35.4. The van der Waals surface area contributed by atoms with E-state index in [0.29, 0.717) is 4.57 Å². The largest absolute Gasteiger partial charge is 0.334 e. The summed E-state index contributed by atoms with van der Waals surface area (Å²) in [7, 11) is 0. The molecule has 0 aliphatic carbocycles. The van der Waals surface area contributed by atoms with Crippen molar-refractivity contribution >= 4 is 17.3 Å². The smallest absolute Gasteiger partial charge is 0.295 e. The zero-order valence-electron chi connectivity index (χ0n) is 10.0. The van der Waals surface area contributed by atoms with Crippen molar-refractivity contribution in [3.05, 3.63) is 65.7 Å². The molecule has 1 heterocycles. The van der Waals surface area contributed by atoms with E-state index in [4.69, 9.17) is 11.6 Å². The molecule has 1 N–H and O–H groups in total. The van der Waals surface area contributed by atoms with E-state index in [2.05, 4.69) is 0 Å². The number of rotatable bonds is 2. The monoisotopic (exact) mass is 299 g/mol. The Hall–Kier alpha value is -2.48. The maximum Gasteiger partial charge on any atom is 0.334 e. The minimum atomic E-state index is -1.30. The molecule has 1 aromatic carbocycles. The number of aromatic amines is 1. The van der Waals surface area contributed by atoms with Crippen LogP contribution in [0.15, 0.2) is 27.8 Å². The summed E-state index contributed by atoms with van der Waals surface area (Å²) in [5.41, 5.74) is -2.05. The van der Waals surface area contributed by atoms with Gasteiger partial charge >= 0.3 is 5.69 Å². The SMILES string of the molecule is Cc1cc([N+](=O)[O-])ccc1-n1c(=O)[nH]c(Cl)c(F)c1=O. The molecular weight excluding hydrogens is 293 g/mol. The van der Waals surface area contributed by atoms with E-state index in [-0.39, 0.29) is 16.9 Å². The van der Waals surface area contributed by atoms with Crippen molar-refractivity contribution in [1.82, 2.24) is 9.55 Å². The number of benzene rings is 1. The number of non-ortho nitro benzene ring substituents is 1. The molecule has 0 atom stereocenters. The molecule has 7 nitrogen and oxygen atoms in total. The predicted molar refractivity (Wildman–Crippen MR) is 69.0 cm³/mol. The van der Waals surface area contributed by atoms with E-state index in [1.807, 2.05) is 4.98 Å². The van der Waals surface area contributed by atoms with Gasteiger partial charge in [0.05, 0.1) is 10.6 Å². The Labute approximate surface area is 115 Å². The number of nitrogens with zero attached hydrogens (tertiary/aromatic N) is 2. The van der Waals surface area contributed by atoms with Gasteiger partial charge in [0.25, 0.3) is 11.2 Å². The second-order valence-corrected chi connectivity index (χ2v) is 4.30. The average molecular weight is 300 g/mol. The van der Waals surface area contributed by atoms with Gasteiger partial charge in [-0.2, -0.15) is 4.39 Å². The number of aromatic nitrogens is 2. The Morgan fingerprint density at radius 1 is 1.40 bits per heavy atom. The van der Waals surface area contributed by atoms with Gasteiger partial charge in [-0.3, -0.25) is 19.9 Å². The van der Waals surface area contributed by atoms with Crippen molar-refractivity contribution in [2.24, 2.45) is 0 Å². The van der Waals surface area contributed by atoms with Gasteiger partial charge < -0.3 is 0 Å². The minimum absolute atomic E-state index is 0.0393. The Morgan fingerprint density at radius 3 is 2.60 bits per heavy atom. The fourth-order valence-corrected chi connectivity index (χ4v) is 1.87. The van der Waals surface area contributed by atoms with Crippen LogP contribution in [0.5, 0.6) is 0 Å². The van der Waals surface area contributed by atoms with E-state index in [9.17, 15) is 24.1 Å². The number of H-pyrrole nitrogens is 1. The molecule has 20 heavy (non-hydrogen) atoms. The number of hydrogen-bond donors (Lipinski definition) is 1. The van der Waals surface area contributed by atoms with Gasteiger partial charge in [-0.1, -0.05) is 11.6 Å². The molecule has 0 spiro atoms. The molecule has 0 aliphatic rings. The molecular formula is C11H7ClFN3O4. The normalized spacial score (nSPS) is 10.6. The topological polar surface area (TPSA) is 98.0 Å². The molecule has 0 saturated heterocycles. The highest BCUT2D eigenvalue weighted by molar-refractivity contribution is 6.29. The number of halogens is 2. The van der Waals surface area contributed by atoms with Gasteiger partial charge in [-0.25, -0.2) is 9.36 Å². The second kappa shape index (κ2) is 4.89. The second-order valence-electron chi connectivity index (χ2n) is 3.93. The van der Waals surface area contributed by atoms with E-state index < -0.39 is 27.1 Å². The lowest BCUT2D eigenvalue weighted by atomic mass is 10.2. The first-order valence-electron chi connectivity index (χ1n) is 5.28. The first-order valence-corrected chi connectivity index (χ1v) is 5.66. The molecule has 2 rings (SSSR count). The Kier molecular flexibility index (Phi) is 3.41. The molecule has 9 heteroatoms. The fourth-order valence-electron chi connectivity index (χ4n) is 1.71. The Morgan fingerprint density at radius 2 is 2.05 bits per heavy atom. The molecule has 0 radical (unpaired) electrons. The van der Waals surface area contributed by atoms with Crippen LogP contribution in [0.1, 0.15) is 5.56 Å². The summed E-state index contributed by atoms with van der Waals surface area (Å²) in [6.45, 7) is 1.46. The van der Waals surface area contributed by atoms with Crippen LogP contribution in [0.2, 0.25) is 5.15 Å². The van der Waals surface area contributed by atoms with Gasteiger partial charge in [-0.15, -0.1) is 0 Å². The van der Waals surface area contributed by atoms with Crippen LogP contribution < -0.4 is 11.2 Å². The van der Waals surface area contributed by atoms with Crippen LogP contribution >= 0.6 is 11.6 Å². The summed E-state index contributed by atoms with van der Waals surface area (Å²) < 4.78 is 14.0. The van der Waals surface area contributed by atoms with Crippen LogP contribution in [-0.4, -0.2) is 14.5 Å². The third kappa shape index (κ3) is 2.21. The van der Waals surface area contributed by atoms with Crippen molar-refractivity contribution in [3.8, 4) is 5.69 Å². The number of nitrogens with one attached hydrogen (secondary N) is 1. The Bertz CT molecular complexity index is 827. The molecule has 1 aromatic heterocycles. The van der Waals surface area contributed by atoms with E-state index in [1.165, 1.54) is 19.1 Å². The molecule has 0 aliphatic heterocycles. The zero-order chi connectivity index (χ0) is 15.0. The van der Waals surface area contributed by atoms with Gasteiger partial charge in [0.15, 0.2) is 5.15 Å². The van der Waals surface area contributed by atoms with Crippen molar-refractivity contribution in [2.75, 3.05) is 0 Å². The summed E-state index contributed by atoms with van der Waals surface area (Å²) in [5, 5.41) is 9.94. The minimum Gasteiger partial charge on any atom is -0.295 e. The molecule has 0 saturated carbocycles. The summed E-state index contributed by atoms with van der Waals surface area (Å²) in [6.07, 6.45) is 0. The predicted octanol–water partition coefficient (Wildman–Crippen LogP) is 1.53. The summed E-state index contributed by atoms with van der Waals surface area (Å²) >= 11 is 5.35. The molecule has 0 unspecified atom stereocenters. The van der Waals surface area contributed by atoms with E-state index in [0.717, 1.165) is 6.07 Å². The van der Waals surface area contributed by atoms with Gasteiger partial charge in [0.2, 0.25) is 5.82 Å².